The molecule has 1 saturated carbocycles. The summed E-state index contributed by atoms with van der Waals surface area (Å²) in [6, 6.07) is 1.86. The molecular formula is C13H20N2O. The topological polar surface area (TPSA) is 46.0 Å². The first-order valence-corrected chi connectivity index (χ1v) is 6.11. The van der Waals surface area contributed by atoms with Crippen molar-refractivity contribution in [2.24, 2.45) is 17.8 Å². The highest BCUT2D eigenvalue weighted by Gasteiger charge is 2.29. The monoisotopic (exact) mass is 220 g/mol. The smallest absolute Gasteiger partial charge is 0.0834 e. The van der Waals surface area contributed by atoms with Crippen LogP contribution in [-0.2, 0) is 0 Å². The predicted molar refractivity (Wildman–Crippen MR) is 62.7 cm³/mol. The molecule has 3 atom stereocenters. The Balaban J connectivity index is 2.07. The largest absolute Gasteiger partial charge is 0.388 e. The van der Waals surface area contributed by atoms with Gasteiger partial charge < -0.3 is 5.11 Å². The summed E-state index contributed by atoms with van der Waals surface area (Å²) in [6.45, 7) is 4.56. The standard InChI is InChI=1S/C13H20N2O/c1-9-5-10(2)7-12(6-9)13(16)11-3-4-14-15-8-11/h3-4,8-10,12-13,16H,5-7H2,1-2H3. The summed E-state index contributed by atoms with van der Waals surface area (Å²) < 4.78 is 0. The third-order valence-corrected chi connectivity index (χ3v) is 3.61. The van der Waals surface area contributed by atoms with Crippen LogP contribution >= 0.6 is 0 Å². The van der Waals surface area contributed by atoms with E-state index in [9.17, 15) is 5.11 Å². The van der Waals surface area contributed by atoms with Gasteiger partial charge >= 0.3 is 0 Å². The van der Waals surface area contributed by atoms with Gasteiger partial charge in [0.1, 0.15) is 0 Å². The van der Waals surface area contributed by atoms with Crippen molar-refractivity contribution in [2.45, 2.75) is 39.2 Å². The Morgan fingerprint density at radius 1 is 1.19 bits per heavy atom. The van der Waals surface area contributed by atoms with Crippen LogP contribution in [0.4, 0.5) is 0 Å². The van der Waals surface area contributed by atoms with Crippen LogP contribution in [0.5, 0.6) is 0 Å². The van der Waals surface area contributed by atoms with Crippen LogP contribution in [-0.4, -0.2) is 15.3 Å². The fraction of sp³-hybridized carbons (Fsp3) is 0.692. The maximum Gasteiger partial charge on any atom is 0.0834 e. The third kappa shape index (κ3) is 2.59. The molecule has 0 radical (unpaired) electrons. The molecule has 0 amide bonds. The molecule has 0 aliphatic heterocycles. The lowest BCUT2D eigenvalue weighted by Crippen LogP contribution is -2.24. The van der Waals surface area contributed by atoms with Gasteiger partial charge in [-0.25, -0.2) is 0 Å². The molecule has 1 N–H and O–H groups in total. The SMILES string of the molecule is CC1CC(C)CC(C(O)c2ccnnc2)C1. The predicted octanol–water partition coefficient (Wildman–Crippen LogP) is 2.58. The highest BCUT2D eigenvalue weighted by atomic mass is 16.3. The number of hydrogen-bond donors (Lipinski definition) is 1. The average Bonchev–Trinajstić information content (AvgIpc) is 2.28. The fourth-order valence-corrected chi connectivity index (χ4v) is 3.02. The Hall–Kier alpha value is -0.960. The van der Waals surface area contributed by atoms with Crippen molar-refractivity contribution >= 4 is 0 Å². The normalized spacial score (nSPS) is 32.3. The van der Waals surface area contributed by atoms with E-state index in [1.807, 2.05) is 6.07 Å². The van der Waals surface area contributed by atoms with Crippen LogP contribution in [0.25, 0.3) is 0 Å². The first-order chi connectivity index (χ1) is 7.66. The number of nitrogens with zero attached hydrogens (tertiary/aromatic N) is 2. The number of rotatable bonds is 2. The van der Waals surface area contributed by atoms with Gasteiger partial charge in [-0.15, -0.1) is 0 Å². The molecule has 3 unspecified atom stereocenters. The van der Waals surface area contributed by atoms with Crippen molar-refractivity contribution in [1.82, 2.24) is 10.2 Å². The van der Waals surface area contributed by atoms with E-state index in [-0.39, 0.29) is 6.10 Å². The van der Waals surface area contributed by atoms with Crippen molar-refractivity contribution in [3.63, 3.8) is 0 Å². The molecule has 0 bridgehead atoms. The summed E-state index contributed by atoms with van der Waals surface area (Å²) in [7, 11) is 0. The molecule has 2 rings (SSSR count). The van der Waals surface area contributed by atoms with Crippen molar-refractivity contribution in [2.75, 3.05) is 0 Å². The Kier molecular flexibility index (Phi) is 3.54. The van der Waals surface area contributed by atoms with Crippen LogP contribution in [0.15, 0.2) is 18.5 Å². The Bertz CT molecular complexity index is 318. The first kappa shape index (κ1) is 11.5. The number of aliphatic hydroxyl groups excluding tert-OH is 1. The summed E-state index contributed by atoms with van der Waals surface area (Å²) >= 11 is 0. The van der Waals surface area contributed by atoms with E-state index in [4.69, 9.17) is 0 Å². The Morgan fingerprint density at radius 3 is 2.44 bits per heavy atom. The lowest BCUT2D eigenvalue weighted by atomic mass is 9.73. The second-order valence-corrected chi connectivity index (χ2v) is 5.30. The zero-order valence-electron chi connectivity index (χ0n) is 10.0. The van der Waals surface area contributed by atoms with Gasteiger partial charge in [0.15, 0.2) is 0 Å². The van der Waals surface area contributed by atoms with Crippen LogP contribution in [0.2, 0.25) is 0 Å². The number of aromatic nitrogens is 2. The van der Waals surface area contributed by atoms with Crippen LogP contribution in [0, 0.1) is 17.8 Å². The van der Waals surface area contributed by atoms with Gasteiger partial charge in [0.2, 0.25) is 0 Å². The van der Waals surface area contributed by atoms with E-state index in [2.05, 4.69) is 24.0 Å². The molecule has 1 heterocycles. The molecule has 16 heavy (non-hydrogen) atoms. The lowest BCUT2D eigenvalue weighted by Gasteiger charge is -2.34. The molecule has 0 spiro atoms. The van der Waals surface area contributed by atoms with Gasteiger partial charge in [0, 0.05) is 11.8 Å². The average molecular weight is 220 g/mol. The van der Waals surface area contributed by atoms with Crippen molar-refractivity contribution in [1.29, 1.82) is 0 Å². The van der Waals surface area contributed by atoms with E-state index in [0.717, 1.165) is 30.2 Å². The summed E-state index contributed by atoms with van der Waals surface area (Å²) in [5.41, 5.74) is 0.904. The van der Waals surface area contributed by atoms with Gasteiger partial charge in [-0.2, -0.15) is 10.2 Å². The van der Waals surface area contributed by atoms with Crippen molar-refractivity contribution in [3.8, 4) is 0 Å². The molecule has 1 aliphatic carbocycles. The van der Waals surface area contributed by atoms with Gasteiger partial charge in [-0.3, -0.25) is 0 Å². The van der Waals surface area contributed by atoms with E-state index in [1.54, 1.807) is 12.4 Å². The maximum atomic E-state index is 10.3. The number of hydrogen-bond acceptors (Lipinski definition) is 3. The molecule has 88 valence electrons. The molecule has 1 aliphatic rings. The van der Waals surface area contributed by atoms with Crippen LogP contribution in [0.1, 0.15) is 44.8 Å². The summed E-state index contributed by atoms with van der Waals surface area (Å²) in [5, 5.41) is 17.9. The minimum atomic E-state index is -0.374. The quantitative estimate of drug-likeness (QED) is 0.833. The van der Waals surface area contributed by atoms with E-state index in [0.29, 0.717) is 5.92 Å². The van der Waals surface area contributed by atoms with Gasteiger partial charge in [-0.1, -0.05) is 13.8 Å². The maximum absolute atomic E-state index is 10.3. The molecule has 1 fully saturated rings. The highest BCUT2D eigenvalue weighted by molar-refractivity contribution is 5.10. The fourth-order valence-electron chi connectivity index (χ4n) is 3.02. The first-order valence-electron chi connectivity index (χ1n) is 6.11. The minimum Gasteiger partial charge on any atom is -0.388 e. The minimum absolute atomic E-state index is 0.374. The van der Waals surface area contributed by atoms with Gasteiger partial charge in [-0.05, 0) is 43.1 Å². The van der Waals surface area contributed by atoms with Crippen molar-refractivity contribution < 1.29 is 5.11 Å². The molecule has 1 aromatic rings. The van der Waals surface area contributed by atoms with Gasteiger partial charge in [0.05, 0.1) is 12.3 Å². The highest BCUT2D eigenvalue weighted by Crippen LogP contribution is 2.39. The second-order valence-electron chi connectivity index (χ2n) is 5.30. The zero-order chi connectivity index (χ0) is 11.5. The summed E-state index contributed by atoms with van der Waals surface area (Å²) in [5.74, 6) is 1.82. The zero-order valence-corrected chi connectivity index (χ0v) is 10.0. The molecular weight excluding hydrogens is 200 g/mol. The van der Waals surface area contributed by atoms with Crippen molar-refractivity contribution in [3.05, 3.63) is 24.0 Å². The molecule has 3 heteroatoms. The molecule has 1 aromatic heterocycles. The second kappa shape index (κ2) is 4.91. The van der Waals surface area contributed by atoms with E-state index in [1.165, 1.54) is 6.42 Å². The Labute approximate surface area is 96.9 Å². The Morgan fingerprint density at radius 2 is 1.88 bits per heavy atom. The van der Waals surface area contributed by atoms with E-state index < -0.39 is 0 Å². The molecule has 0 saturated heterocycles. The summed E-state index contributed by atoms with van der Waals surface area (Å²) in [6.07, 6.45) is 6.48. The third-order valence-electron chi connectivity index (χ3n) is 3.61. The van der Waals surface area contributed by atoms with Crippen LogP contribution < -0.4 is 0 Å². The lowest BCUT2D eigenvalue weighted by molar-refractivity contribution is 0.0548. The van der Waals surface area contributed by atoms with Gasteiger partial charge in [0.25, 0.3) is 0 Å². The van der Waals surface area contributed by atoms with E-state index >= 15 is 0 Å². The molecule has 0 aromatic carbocycles. The summed E-state index contributed by atoms with van der Waals surface area (Å²) in [4.78, 5) is 0. The van der Waals surface area contributed by atoms with Crippen LogP contribution in [0.3, 0.4) is 0 Å². The molecule has 3 nitrogen and oxygen atoms in total. The number of aliphatic hydroxyl groups is 1.